The zero-order valence-corrected chi connectivity index (χ0v) is 11.9. The average molecular weight is 243 g/mol. The van der Waals surface area contributed by atoms with Gasteiger partial charge in [0.25, 0.3) is 0 Å². The minimum atomic E-state index is -0.0696. The van der Waals surface area contributed by atoms with Gasteiger partial charge in [0.1, 0.15) is 0 Å². The van der Waals surface area contributed by atoms with Gasteiger partial charge in [0.05, 0.1) is 11.7 Å². The highest BCUT2D eigenvalue weighted by molar-refractivity contribution is 4.79. The van der Waals surface area contributed by atoms with Crippen LogP contribution in [0.15, 0.2) is 0 Å². The molecule has 0 aromatic carbocycles. The highest BCUT2D eigenvalue weighted by Crippen LogP contribution is 2.21. The van der Waals surface area contributed by atoms with E-state index in [1.807, 2.05) is 7.05 Å². The van der Waals surface area contributed by atoms with E-state index in [0.717, 1.165) is 13.0 Å². The van der Waals surface area contributed by atoms with Gasteiger partial charge < -0.3 is 14.8 Å². The van der Waals surface area contributed by atoms with Crippen LogP contribution in [-0.2, 0) is 9.47 Å². The molecule has 1 fully saturated rings. The molecule has 0 aromatic rings. The van der Waals surface area contributed by atoms with Gasteiger partial charge >= 0.3 is 0 Å². The largest absolute Gasteiger partial charge is 0.379 e. The lowest BCUT2D eigenvalue weighted by Gasteiger charge is -2.28. The molecule has 0 saturated heterocycles. The van der Waals surface area contributed by atoms with Gasteiger partial charge in [-0.3, -0.25) is 0 Å². The van der Waals surface area contributed by atoms with Crippen LogP contribution in [0.4, 0.5) is 0 Å². The van der Waals surface area contributed by atoms with Gasteiger partial charge in [-0.1, -0.05) is 19.3 Å². The Balaban J connectivity index is 2.32. The molecule has 1 aliphatic rings. The standard InChI is InChI=1S/C14H29NO2/c1-14(2,16-4)10-11-17-13-9-7-5-6-8-12(13)15-3/h12-13,15H,5-11H2,1-4H3. The van der Waals surface area contributed by atoms with E-state index in [0.29, 0.717) is 12.1 Å². The van der Waals surface area contributed by atoms with Crippen molar-refractivity contribution in [2.45, 2.75) is 70.1 Å². The monoisotopic (exact) mass is 243 g/mol. The summed E-state index contributed by atoms with van der Waals surface area (Å²) in [7, 11) is 3.81. The quantitative estimate of drug-likeness (QED) is 0.728. The van der Waals surface area contributed by atoms with Crippen molar-refractivity contribution in [3.05, 3.63) is 0 Å². The molecule has 2 unspecified atom stereocenters. The zero-order valence-electron chi connectivity index (χ0n) is 11.9. The normalized spacial score (nSPS) is 26.8. The Morgan fingerprint density at radius 3 is 2.53 bits per heavy atom. The van der Waals surface area contributed by atoms with Gasteiger partial charge in [0.2, 0.25) is 0 Å². The summed E-state index contributed by atoms with van der Waals surface area (Å²) in [4.78, 5) is 0. The second kappa shape index (κ2) is 7.34. The van der Waals surface area contributed by atoms with Crippen molar-refractivity contribution < 1.29 is 9.47 Å². The first-order valence-corrected chi connectivity index (χ1v) is 6.93. The van der Waals surface area contributed by atoms with Crippen LogP contribution in [0.2, 0.25) is 0 Å². The molecule has 0 heterocycles. The molecule has 17 heavy (non-hydrogen) atoms. The maximum atomic E-state index is 6.06. The molecule has 1 aliphatic carbocycles. The summed E-state index contributed by atoms with van der Waals surface area (Å²) in [6.07, 6.45) is 7.76. The highest BCUT2D eigenvalue weighted by Gasteiger charge is 2.24. The fourth-order valence-corrected chi connectivity index (χ4v) is 2.36. The Labute approximate surface area is 106 Å². The molecule has 2 atom stereocenters. The van der Waals surface area contributed by atoms with Crippen LogP contribution in [0.5, 0.6) is 0 Å². The third-order valence-corrected chi connectivity index (χ3v) is 3.91. The fourth-order valence-electron chi connectivity index (χ4n) is 2.36. The summed E-state index contributed by atoms with van der Waals surface area (Å²) < 4.78 is 11.5. The molecular weight excluding hydrogens is 214 g/mol. The van der Waals surface area contributed by atoms with Crippen molar-refractivity contribution in [3.63, 3.8) is 0 Å². The van der Waals surface area contributed by atoms with Crippen LogP contribution in [0.3, 0.4) is 0 Å². The summed E-state index contributed by atoms with van der Waals surface area (Å²) in [5, 5.41) is 3.40. The number of rotatable bonds is 6. The third-order valence-electron chi connectivity index (χ3n) is 3.91. The molecule has 0 aromatic heterocycles. The Morgan fingerprint density at radius 1 is 1.18 bits per heavy atom. The Bertz CT molecular complexity index is 206. The lowest BCUT2D eigenvalue weighted by molar-refractivity contribution is -0.0358. The molecule has 3 nitrogen and oxygen atoms in total. The van der Waals surface area contributed by atoms with E-state index in [1.165, 1.54) is 32.1 Å². The maximum absolute atomic E-state index is 6.06. The molecule has 102 valence electrons. The third kappa shape index (κ3) is 5.36. The molecule has 0 amide bonds. The minimum absolute atomic E-state index is 0.0696. The van der Waals surface area contributed by atoms with Crippen molar-refractivity contribution in [1.82, 2.24) is 5.32 Å². The lowest BCUT2D eigenvalue weighted by Crippen LogP contribution is -2.39. The van der Waals surface area contributed by atoms with Crippen molar-refractivity contribution in [2.75, 3.05) is 20.8 Å². The van der Waals surface area contributed by atoms with Crippen molar-refractivity contribution in [3.8, 4) is 0 Å². The first kappa shape index (κ1) is 14.9. The number of hydrogen-bond donors (Lipinski definition) is 1. The lowest BCUT2D eigenvalue weighted by atomic mass is 10.0. The fraction of sp³-hybridized carbons (Fsp3) is 1.00. The Morgan fingerprint density at radius 2 is 1.88 bits per heavy atom. The van der Waals surface area contributed by atoms with Gasteiger partial charge in [-0.15, -0.1) is 0 Å². The molecular formula is C14H29NO2. The second-order valence-electron chi connectivity index (χ2n) is 5.66. The van der Waals surface area contributed by atoms with Gasteiger partial charge in [0.15, 0.2) is 0 Å². The van der Waals surface area contributed by atoms with Gasteiger partial charge in [-0.05, 0) is 40.2 Å². The van der Waals surface area contributed by atoms with Crippen LogP contribution in [-0.4, -0.2) is 38.5 Å². The minimum Gasteiger partial charge on any atom is -0.379 e. The Hall–Kier alpha value is -0.120. The summed E-state index contributed by atoms with van der Waals surface area (Å²) in [6, 6.07) is 0.531. The van der Waals surface area contributed by atoms with Crippen LogP contribution in [0.1, 0.15) is 52.4 Å². The van der Waals surface area contributed by atoms with Crippen molar-refractivity contribution >= 4 is 0 Å². The second-order valence-corrected chi connectivity index (χ2v) is 5.66. The number of ether oxygens (including phenoxy) is 2. The zero-order chi connectivity index (χ0) is 12.7. The Kier molecular flexibility index (Phi) is 6.45. The molecule has 0 bridgehead atoms. The summed E-state index contributed by atoms with van der Waals surface area (Å²) >= 11 is 0. The predicted octanol–water partition coefficient (Wildman–Crippen LogP) is 2.74. The van der Waals surface area contributed by atoms with Crippen molar-refractivity contribution in [2.24, 2.45) is 0 Å². The molecule has 0 spiro atoms. The number of nitrogens with one attached hydrogen (secondary N) is 1. The molecule has 1 N–H and O–H groups in total. The summed E-state index contributed by atoms with van der Waals surface area (Å²) in [6.45, 7) is 5.02. The van der Waals surface area contributed by atoms with Gasteiger partial charge in [-0.25, -0.2) is 0 Å². The van der Waals surface area contributed by atoms with E-state index in [2.05, 4.69) is 19.2 Å². The van der Waals surface area contributed by atoms with Gasteiger partial charge in [0, 0.05) is 19.8 Å². The molecule has 1 rings (SSSR count). The van der Waals surface area contributed by atoms with E-state index in [1.54, 1.807) is 7.11 Å². The van der Waals surface area contributed by atoms with Gasteiger partial charge in [-0.2, -0.15) is 0 Å². The predicted molar refractivity (Wildman–Crippen MR) is 71.4 cm³/mol. The van der Waals surface area contributed by atoms with Crippen LogP contribution >= 0.6 is 0 Å². The summed E-state index contributed by atoms with van der Waals surface area (Å²) in [5.41, 5.74) is -0.0696. The number of methoxy groups -OCH3 is 1. The van der Waals surface area contributed by atoms with Crippen LogP contribution < -0.4 is 5.32 Å². The highest BCUT2D eigenvalue weighted by atomic mass is 16.5. The van der Waals surface area contributed by atoms with Crippen molar-refractivity contribution in [1.29, 1.82) is 0 Å². The smallest absolute Gasteiger partial charge is 0.0727 e. The van der Waals surface area contributed by atoms with E-state index >= 15 is 0 Å². The average Bonchev–Trinajstić information content (AvgIpc) is 2.54. The maximum Gasteiger partial charge on any atom is 0.0727 e. The SMILES string of the molecule is CNC1CCCCCC1OCCC(C)(C)OC. The molecule has 0 radical (unpaired) electrons. The first-order chi connectivity index (χ1) is 8.09. The molecule has 0 aliphatic heterocycles. The van der Waals surface area contributed by atoms with E-state index in [-0.39, 0.29) is 5.60 Å². The van der Waals surface area contributed by atoms with E-state index in [4.69, 9.17) is 9.47 Å². The van der Waals surface area contributed by atoms with E-state index < -0.39 is 0 Å². The number of likely N-dealkylation sites (N-methyl/N-ethyl adjacent to an activating group) is 1. The van der Waals surface area contributed by atoms with Crippen LogP contribution in [0.25, 0.3) is 0 Å². The summed E-state index contributed by atoms with van der Waals surface area (Å²) in [5.74, 6) is 0. The first-order valence-electron chi connectivity index (χ1n) is 6.93. The molecule has 1 saturated carbocycles. The van der Waals surface area contributed by atoms with Crippen LogP contribution in [0, 0.1) is 0 Å². The number of hydrogen-bond acceptors (Lipinski definition) is 3. The topological polar surface area (TPSA) is 30.5 Å². The molecule has 3 heteroatoms. The van der Waals surface area contributed by atoms with E-state index in [9.17, 15) is 0 Å².